The third-order valence-corrected chi connectivity index (χ3v) is 3.82. The summed E-state index contributed by atoms with van der Waals surface area (Å²) in [6.07, 6.45) is 1.09. The lowest BCUT2D eigenvalue weighted by Gasteiger charge is -2.34. The van der Waals surface area contributed by atoms with Gasteiger partial charge in [0.1, 0.15) is 0 Å². The van der Waals surface area contributed by atoms with Crippen LogP contribution in [0.4, 0.5) is 0 Å². The molecule has 0 aromatic heterocycles. The van der Waals surface area contributed by atoms with Crippen molar-refractivity contribution in [3.63, 3.8) is 0 Å². The van der Waals surface area contributed by atoms with Crippen LogP contribution in [0.25, 0.3) is 0 Å². The Morgan fingerprint density at radius 2 is 1.65 bits per heavy atom. The van der Waals surface area contributed by atoms with Crippen molar-refractivity contribution < 1.29 is 5.21 Å². The lowest BCUT2D eigenvalue weighted by Crippen LogP contribution is -2.48. The van der Waals surface area contributed by atoms with E-state index in [2.05, 4.69) is 46.1 Å². The Morgan fingerprint density at radius 3 is 2.20 bits per heavy atom. The Morgan fingerprint density at radius 1 is 1.10 bits per heavy atom. The fourth-order valence-electron chi connectivity index (χ4n) is 2.50. The summed E-state index contributed by atoms with van der Waals surface area (Å²) in [4.78, 5) is 4.66. The molecule has 0 saturated carbocycles. The number of hydrogen-bond acceptors (Lipinski definition) is 4. The number of piperazine rings is 1. The van der Waals surface area contributed by atoms with E-state index in [1.807, 2.05) is 0 Å². The summed E-state index contributed by atoms with van der Waals surface area (Å²) < 4.78 is 0. The summed E-state index contributed by atoms with van der Waals surface area (Å²) in [5.74, 6) is 0.286. The van der Waals surface area contributed by atoms with Crippen LogP contribution < -0.4 is 5.73 Å². The zero-order chi connectivity index (χ0) is 14.4. The molecule has 1 aromatic carbocycles. The van der Waals surface area contributed by atoms with Gasteiger partial charge in [-0.3, -0.25) is 9.80 Å². The van der Waals surface area contributed by atoms with Crippen molar-refractivity contribution in [2.24, 2.45) is 10.9 Å². The zero-order valence-corrected chi connectivity index (χ0v) is 12.1. The van der Waals surface area contributed by atoms with Gasteiger partial charge in [-0.2, -0.15) is 0 Å². The van der Waals surface area contributed by atoms with E-state index in [0.717, 1.165) is 39.1 Å². The van der Waals surface area contributed by atoms with Crippen molar-refractivity contribution in [2.45, 2.75) is 19.9 Å². The van der Waals surface area contributed by atoms with Gasteiger partial charge in [0.2, 0.25) is 0 Å². The summed E-state index contributed by atoms with van der Waals surface area (Å²) in [6.45, 7) is 7.70. The number of nitrogens with two attached hydrogens (primary N) is 1. The van der Waals surface area contributed by atoms with E-state index in [0.29, 0.717) is 6.54 Å². The Hall–Kier alpha value is -1.59. The highest BCUT2D eigenvalue weighted by Gasteiger charge is 2.17. The zero-order valence-electron chi connectivity index (χ0n) is 12.1. The molecule has 0 atom stereocenters. The van der Waals surface area contributed by atoms with Gasteiger partial charge in [0.05, 0.1) is 6.54 Å². The quantitative estimate of drug-likeness (QED) is 0.366. The number of hydrogen-bond donors (Lipinski definition) is 2. The monoisotopic (exact) mass is 276 g/mol. The Labute approximate surface area is 120 Å². The van der Waals surface area contributed by atoms with Crippen molar-refractivity contribution in [1.82, 2.24) is 9.80 Å². The Kier molecular flexibility index (Phi) is 5.38. The van der Waals surface area contributed by atoms with E-state index < -0.39 is 0 Å². The average molecular weight is 276 g/mol. The summed E-state index contributed by atoms with van der Waals surface area (Å²) in [5, 5.41) is 11.6. The largest absolute Gasteiger partial charge is 0.409 e. The van der Waals surface area contributed by atoms with Crippen molar-refractivity contribution >= 4 is 5.84 Å². The van der Waals surface area contributed by atoms with Crippen LogP contribution in [-0.2, 0) is 13.0 Å². The summed E-state index contributed by atoms with van der Waals surface area (Å²) >= 11 is 0. The highest BCUT2D eigenvalue weighted by atomic mass is 16.4. The SMILES string of the molecule is CCc1ccc(CN2CCN(CC(N)=NO)CC2)cc1. The molecule has 0 unspecified atom stereocenters. The molecular weight excluding hydrogens is 252 g/mol. The number of amidine groups is 1. The first kappa shape index (κ1) is 14.8. The molecule has 5 nitrogen and oxygen atoms in total. The molecule has 0 spiro atoms. The Balaban J connectivity index is 1.79. The van der Waals surface area contributed by atoms with Gasteiger partial charge in [0, 0.05) is 32.7 Å². The first-order valence-electron chi connectivity index (χ1n) is 7.20. The van der Waals surface area contributed by atoms with Crippen molar-refractivity contribution in [3.05, 3.63) is 35.4 Å². The molecule has 0 radical (unpaired) electrons. The lowest BCUT2D eigenvalue weighted by molar-refractivity contribution is 0.139. The number of benzene rings is 1. The fourth-order valence-corrected chi connectivity index (χ4v) is 2.50. The number of oxime groups is 1. The van der Waals surface area contributed by atoms with Crippen LogP contribution in [0, 0.1) is 0 Å². The van der Waals surface area contributed by atoms with E-state index in [1.54, 1.807) is 0 Å². The molecule has 0 aliphatic carbocycles. The maximum atomic E-state index is 8.58. The van der Waals surface area contributed by atoms with Crippen molar-refractivity contribution in [3.8, 4) is 0 Å². The van der Waals surface area contributed by atoms with Crippen LogP contribution in [0.2, 0.25) is 0 Å². The van der Waals surface area contributed by atoms with Gasteiger partial charge in [-0.25, -0.2) is 0 Å². The van der Waals surface area contributed by atoms with E-state index in [1.165, 1.54) is 11.1 Å². The maximum Gasteiger partial charge on any atom is 0.153 e. The van der Waals surface area contributed by atoms with E-state index >= 15 is 0 Å². The smallest absolute Gasteiger partial charge is 0.153 e. The standard InChI is InChI=1S/C15H24N4O/c1-2-13-3-5-14(6-4-13)11-18-7-9-19(10-8-18)12-15(16)17-20/h3-6,20H,2,7-12H2,1H3,(H2,16,17). The van der Waals surface area contributed by atoms with Crippen LogP contribution in [0.3, 0.4) is 0 Å². The topological polar surface area (TPSA) is 65.1 Å². The molecule has 1 saturated heterocycles. The highest BCUT2D eigenvalue weighted by Crippen LogP contribution is 2.10. The molecular formula is C15H24N4O. The molecule has 1 aliphatic heterocycles. The second kappa shape index (κ2) is 7.26. The second-order valence-electron chi connectivity index (χ2n) is 5.31. The minimum absolute atomic E-state index is 0.286. The number of rotatable bonds is 5. The predicted molar refractivity (Wildman–Crippen MR) is 80.9 cm³/mol. The minimum Gasteiger partial charge on any atom is -0.409 e. The van der Waals surface area contributed by atoms with Crippen LogP contribution in [0.1, 0.15) is 18.1 Å². The van der Waals surface area contributed by atoms with Gasteiger partial charge in [0.25, 0.3) is 0 Å². The molecule has 2 rings (SSSR count). The third-order valence-electron chi connectivity index (χ3n) is 3.82. The van der Waals surface area contributed by atoms with Crippen molar-refractivity contribution in [1.29, 1.82) is 0 Å². The fraction of sp³-hybridized carbons (Fsp3) is 0.533. The van der Waals surface area contributed by atoms with Crippen LogP contribution in [0.15, 0.2) is 29.4 Å². The molecule has 1 fully saturated rings. The normalized spacial score (nSPS) is 18.4. The average Bonchev–Trinajstić information content (AvgIpc) is 2.50. The van der Waals surface area contributed by atoms with Gasteiger partial charge in [-0.15, -0.1) is 0 Å². The summed E-state index contributed by atoms with van der Waals surface area (Å²) in [6, 6.07) is 8.87. The molecule has 110 valence electrons. The molecule has 0 amide bonds. The molecule has 3 N–H and O–H groups in total. The molecule has 1 aromatic rings. The predicted octanol–water partition coefficient (Wildman–Crippen LogP) is 1.11. The molecule has 5 heteroatoms. The lowest BCUT2D eigenvalue weighted by atomic mass is 10.1. The number of aryl methyl sites for hydroxylation is 1. The molecule has 0 bridgehead atoms. The molecule has 1 aliphatic rings. The molecule has 1 heterocycles. The Bertz CT molecular complexity index is 436. The minimum atomic E-state index is 0.286. The number of nitrogens with zero attached hydrogens (tertiary/aromatic N) is 3. The second-order valence-corrected chi connectivity index (χ2v) is 5.31. The van der Waals surface area contributed by atoms with Gasteiger partial charge < -0.3 is 10.9 Å². The van der Waals surface area contributed by atoms with Gasteiger partial charge in [0.15, 0.2) is 5.84 Å². The summed E-state index contributed by atoms with van der Waals surface area (Å²) in [7, 11) is 0. The maximum absolute atomic E-state index is 8.58. The third kappa shape index (κ3) is 4.21. The van der Waals surface area contributed by atoms with Crippen LogP contribution in [0.5, 0.6) is 0 Å². The highest BCUT2D eigenvalue weighted by molar-refractivity contribution is 5.81. The van der Waals surface area contributed by atoms with Gasteiger partial charge in [-0.1, -0.05) is 36.3 Å². The van der Waals surface area contributed by atoms with Crippen LogP contribution in [-0.4, -0.2) is 53.6 Å². The van der Waals surface area contributed by atoms with Gasteiger partial charge in [-0.05, 0) is 17.5 Å². The first-order chi connectivity index (χ1) is 9.71. The van der Waals surface area contributed by atoms with E-state index in [9.17, 15) is 0 Å². The van der Waals surface area contributed by atoms with Crippen LogP contribution >= 0.6 is 0 Å². The van der Waals surface area contributed by atoms with E-state index in [4.69, 9.17) is 10.9 Å². The van der Waals surface area contributed by atoms with E-state index in [-0.39, 0.29) is 5.84 Å². The molecule has 20 heavy (non-hydrogen) atoms. The first-order valence-corrected chi connectivity index (χ1v) is 7.20. The van der Waals surface area contributed by atoms with Gasteiger partial charge >= 0.3 is 0 Å². The summed E-state index contributed by atoms with van der Waals surface area (Å²) in [5.41, 5.74) is 8.29. The van der Waals surface area contributed by atoms with Crippen molar-refractivity contribution in [2.75, 3.05) is 32.7 Å².